The third-order valence-electron chi connectivity index (χ3n) is 5.23. The highest BCUT2D eigenvalue weighted by Gasteiger charge is 2.22. The maximum atomic E-state index is 12.7. The van der Waals surface area contributed by atoms with Gasteiger partial charge in [-0.3, -0.25) is 4.79 Å². The number of para-hydroxylation sites is 1. The van der Waals surface area contributed by atoms with Crippen molar-refractivity contribution in [2.24, 2.45) is 7.05 Å². The fraction of sp³-hybridized carbons (Fsp3) is 0.348. The zero-order chi connectivity index (χ0) is 19.4. The molecule has 2 atom stereocenters. The molecule has 0 spiro atoms. The van der Waals surface area contributed by atoms with Gasteiger partial charge in [0, 0.05) is 42.5 Å². The first-order chi connectivity index (χ1) is 13.0. The molecule has 142 valence electrons. The van der Waals surface area contributed by atoms with E-state index in [0.29, 0.717) is 6.42 Å². The highest BCUT2D eigenvalue weighted by atomic mass is 16.5. The van der Waals surface area contributed by atoms with Crippen LogP contribution in [0.3, 0.4) is 0 Å². The first-order valence-electron chi connectivity index (χ1n) is 9.50. The van der Waals surface area contributed by atoms with Crippen LogP contribution in [0.2, 0.25) is 0 Å². The van der Waals surface area contributed by atoms with E-state index in [2.05, 4.69) is 60.4 Å². The Morgan fingerprint density at radius 3 is 2.52 bits per heavy atom. The lowest BCUT2D eigenvalue weighted by Gasteiger charge is -2.19. The molecule has 0 aliphatic rings. The summed E-state index contributed by atoms with van der Waals surface area (Å²) >= 11 is 0. The smallest absolute Gasteiger partial charge is 0.221 e. The van der Waals surface area contributed by atoms with E-state index < -0.39 is 0 Å². The maximum Gasteiger partial charge on any atom is 0.221 e. The van der Waals surface area contributed by atoms with Gasteiger partial charge in [0.2, 0.25) is 5.91 Å². The fourth-order valence-electron chi connectivity index (χ4n) is 3.52. The van der Waals surface area contributed by atoms with Gasteiger partial charge in [-0.2, -0.15) is 0 Å². The summed E-state index contributed by atoms with van der Waals surface area (Å²) in [6.07, 6.45) is 3.49. The third kappa shape index (κ3) is 4.16. The monoisotopic (exact) mass is 364 g/mol. The van der Waals surface area contributed by atoms with Gasteiger partial charge in [0.15, 0.2) is 0 Å². The summed E-state index contributed by atoms with van der Waals surface area (Å²) in [5.74, 6) is 0.892. The van der Waals surface area contributed by atoms with Gasteiger partial charge in [-0.1, -0.05) is 37.3 Å². The first-order valence-corrected chi connectivity index (χ1v) is 9.50. The van der Waals surface area contributed by atoms with Crippen LogP contribution in [0, 0.1) is 0 Å². The average Bonchev–Trinajstić information content (AvgIpc) is 3.03. The summed E-state index contributed by atoms with van der Waals surface area (Å²) < 4.78 is 7.43. The van der Waals surface area contributed by atoms with Crippen molar-refractivity contribution in [3.05, 3.63) is 65.9 Å². The molecule has 1 aromatic heterocycles. The number of nitrogens with zero attached hydrogens (tertiary/aromatic N) is 1. The lowest BCUT2D eigenvalue weighted by atomic mass is 9.88. The van der Waals surface area contributed by atoms with Gasteiger partial charge in [-0.15, -0.1) is 0 Å². The largest absolute Gasteiger partial charge is 0.497 e. The molecule has 0 fully saturated rings. The molecule has 0 bridgehead atoms. The molecule has 0 unspecified atom stereocenters. The summed E-state index contributed by atoms with van der Waals surface area (Å²) in [5.41, 5.74) is 3.47. The minimum Gasteiger partial charge on any atom is -0.497 e. The summed E-state index contributed by atoms with van der Waals surface area (Å²) in [4.78, 5) is 12.7. The molecule has 27 heavy (non-hydrogen) atoms. The lowest BCUT2D eigenvalue weighted by molar-refractivity contribution is -0.121. The Labute approximate surface area is 161 Å². The van der Waals surface area contributed by atoms with Crippen molar-refractivity contribution in [1.29, 1.82) is 0 Å². The van der Waals surface area contributed by atoms with Gasteiger partial charge >= 0.3 is 0 Å². The van der Waals surface area contributed by atoms with Gasteiger partial charge < -0.3 is 14.6 Å². The van der Waals surface area contributed by atoms with Crippen molar-refractivity contribution in [3.63, 3.8) is 0 Å². The SMILES string of the molecule is CC[C@@H](C)NC(=O)C[C@@H](c1ccc(OC)cc1)c1cn(C)c2ccccc12. The minimum absolute atomic E-state index is 0.00828. The molecule has 1 amide bonds. The summed E-state index contributed by atoms with van der Waals surface area (Å²) in [6, 6.07) is 16.6. The quantitative estimate of drug-likeness (QED) is 0.664. The highest BCUT2D eigenvalue weighted by molar-refractivity contribution is 5.86. The average molecular weight is 364 g/mol. The number of hydrogen-bond acceptors (Lipinski definition) is 2. The Hall–Kier alpha value is -2.75. The molecule has 0 aliphatic heterocycles. The van der Waals surface area contributed by atoms with Gasteiger partial charge in [0.1, 0.15) is 5.75 Å². The number of hydrogen-bond donors (Lipinski definition) is 1. The van der Waals surface area contributed by atoms with E-state index in [-0.39, 0.29) is 17.9 Å². The Morgan fingerprint density at radius 1 is 1.15 bits per heavy atom. The standard InChI is InChI=1S/C23H28N2O2/c1-5-16(2)24-23(26)14-20(17-10-12-18(27-4)13-11-17)21-15-25(3)22-9-7-6-8-19(21)22/h6-13,15-16,20H,5,14H2,1-4H3,(H,24,26)/t16-,20+/m1/s1. The predicted octanol–water partition coefficient (Wildman–Crippen LogP) is 4.62. The topological polar surface area (TPSA) is 43.3 Å². The van der Waals surface area contributed by atoms with Crippen molar-refractivity contribution >= 4 is 16.8 Å². The number of amides is 1. The van der Waals surface area contributed by atoms with Gasteiger partial charge in [-0.05, 0) is 42.7 Å². The molecule has 3 aromatic rings. The van der Waals surface area contributed by atoms with E-state index in [9.17, 15) is 4.79 Å². The van der Waals surface area contributed by atoms with E-state index in [0.717, 1.165) is 17.7 Å². The van der Waals surface area contributed by atoms with Crippen LogP contribution in [-0.2, 0) is 11.8 Å². The Kier molecular flexibility index (Phi) is 5.84. The molecule has 4 nitrogen and oxygen atoms in total. The number of ether oxygens (including phenoxy) is 1. The fourth-order valence-corrected chi connectivity index (χ4v) is 3.52. The molecule has 1 heterocycles. The van der Waals surface area contributed by atoms with E-state index in [1.807, 2.05) is 25.1 Å². The number of fused-ring (bicyclic) bond motifs is 1. The lowest BCUT2D eigenvalue weighted by Crippen LogP contribution is -2.33. The number of aromatic nitrogens is 1. The maximum absolute atomic E-state index is 12.7. The second kappa shape index (κ2) is 8.30. The van der Waals surface area contributed by atoms with Crippen LogP contribution < -0.4 is 10.1 Å². The Balaban J connectivity index is 2.01. The molecular weight excluding hydrogens is 336 g/mol. The van der Waals surface area contributed by atoms with Crippen molar-refractivity contribution in [2.75, 3.05) is 7.11 Å². The Bertz CT molecular complexity index is 912. The zero-order valence-corrected chi connectivity index (χ0v) is 16.5. The molecule has 3 rings (SSSR count). The number of carbonyl (C=O) groups excluding carboxylic acids is 1. The van der Waals surface area contributed by atoms with Crippen LogP contribution in [-0.4, -0.2) is 23.6 Å². The second-order valence-electron chi connectivity index (χ2n) is 7.12. The van der Waals surface area contributed by atoms with Crippen LogP contribution in [0.1, 0.15) is 43.7 Å². The molecule has 0 radical (unpaired) electrons. The number of methoxy groups -OCH3 is 1. The summed E-state index contributed by atoms with van der Waals surface area (Å²) in [5, 5.41) is 4.30. The number of aryl methyl sites for hydroxylation is 1. The van der Waals surface area contributed by atoms with Crippen LogP contribution in [0.4, 0.5) is 0 Å². The Morgan fingerprint density at radius 2 is 1.85 bits per heavy atom. The van der Waals surface area contributed by atoms with Crippen LogP contribution >= 0.6 is 0 Å². The van der Waals surface area contributed by atoms with Crippen molar-refractivity contribution in [1.82, 2.24) is 9.88 Å². The summed E-state index contributed by atoms with van der Waals surface area (Å²) in [6.45, 7) is 4.12. The predicted molar refractivity (Wildman–Crippen MR) is 110 cm³/mol. The second-order valence-corrected chi connectivity index (χ2v) is 7.12. The molecule has 1 N–H and O–H groups in total. The van der Waals surface area contributed by atoms with Crippen molar-refractivity contribution in [3.8, 4) is 5.75 Å². The van der Waals surface area contributed by atoms with Crippen molar-refractivity contribution < 1.29 is 9.53 Å². The highest BCUT2D eigenvalue weighted by Crippen LogP contribution is 2.35. The molecule has 0 saturated carbocycles. The van der Waals surface area contributed by atoms with Crippen LogP contribution in [0.25, 0.3) is 10.9 Å². The summed E-state index contributed by atoms with van der Waals surface area (Å²) in [7, 11) is 3.72. The number of rotatable bonds is 7. The van der Waals surface area contributed by atoms with E-state index in [1.165, 1.54) is 16.5 Å². The minimum atomic E-state index is -0.00828. The molecule has 0 saturated heterocycles. The number of nitrogens with one attached hydrogen (secondary N) is 1. The van der Waals surface area contributed by atoms with Gasteiger partial charge in [0.05, 0.1) is 7.11 Å². The zero-order valence-electron chi connectivity index (χ0n) is 16.5. The first kappa shape index (κ1) is 19.0. The normalized spacial score (nSPS) is 13.3. The molecule has 0 aliphatic carbocycles. The van der Waals surface area contributed by atoms with E-state index in [4.69, 9.17) is 4.74 Å². The van der Waals surface area contributed by atoms with Crippen LogP contribution in [0.5, 0.6) is 5.75 Å². The molecular formula is C23H28N2O2. The van der Waals surface area contributed by atoms with Gasteiger partial charge in [-0.25, -0.2) is 0 Å². The molecule has 2 aromatic carbocycles. The molecule has 4 heteroatoms. The van der Waals surface area contributed by atoms with Crippen LogP contribution in [0.15, 0.2) is 54.7 Å². The van der Waals surface area contributed by atoms with E-state index >= 15 is 0 Å². The number of carbonyl (C=O) groups is 1. The number of benzene rings is 2. The third-order valence-corrected chi connectivity index (χ3v) is 5.23. The van der Waals surface area contributed by atoms with Gasteiger partial charge in [0.25, 0.3) is 0 Å². The van der Waals surface area contributed by atoms with E-state index in [1.54, 1.807) is 7.11 Å². The van der Waals surface area contributed by atoms with Crippen molar-refractivity contribution in [2.45, 2.75) is 38.6 Å².